The van der Waals surface area contributed by atoms with Gasteiger partial charge in [-0.25, -0.2) is 0 Å². The van der Waals surface area contributed by atoms with Crippen LogP contribution in [0.3, 0.4) is 0 Å². The summed E-state index contributed by atoms with van der Waals surface area (Å²) < 4.78 is 54.5. The summed E-state index contributed by atoms with van der Waals surface area (Å²) in [5.74, 6) is 1.22. The molecule has 0 spiro atoms. The minimum atomic E-state index is -4.58. The van der Waals surface area contributed by atoms with E-state index in [9.17, 15) is 13.2 Å². The fraction of sp³-hybridized carbons (Fsp3) is 0.857. The lowest BCUT2D eigenvalue weighted by molar-refractivity contribution is -0.211. The van der Waals surface area contributed by atoms with Gasteiger partial charge in [0.1, 0.15) is 0 Å². The van der Waals surface area contributed by atoms with Gasteiger partial charge in [-0.15, -0.1) is 6.42 Å². The summed E-state index contributed by atoms with van der Waals surface area (Å²) in [6.07, 6.45) is -2.68. The maximum Gasteiger partial charge on any atom is 0.463 e. The molecule has 21 heavy (non-hydrogen) atoms. The van der Waals surface area contributed by atoms with Crippen LogP contribution in [0.15, 0.2) is 0 Å². The molecule has 1 heterocycles. The molecule has 3 atom stereocenters. The van der Waals surface area contributed by atoms with Crippen molar-refractivity contribution in [3.05, 3.63) is 0 Å². The molecule has 7 heteroatoms. The minimum Gasteiger partial charge on any atom is -0.403 e. The predicted molar refractivity (Wildman–Crippen MR) is 74.7 cm³/mol. The molecule has 1 unspecified atom stereocenters. The number of rotatable bonds is 4. The van der Waals surface area contributed by atoms with Crippen molar-refractivity contribution in [2.24, 2.45) is 0 Å². The highest BCUT2D eigenvalue weighted by atomic mass is 19.4. The third-order valence-corrected chi connectivity index (χ3v) is 4.24. The summed E-state index contributed by atoms with van der Waals surface area (Å²) in [6, 6.07) is 0. The maximum absolute atomic E-state index is 12.6. The van der Waals surface area contributed by atoms with Crippen molar-refractivity contribution < 1.29 is 27.2 Å². The highest BCUT2D eigenvalue weighted by Crippen LogP contribution is 2.41. The lowest BCUT2D eigenvalue weighted by Crippen LogP contribution is -2.41. The van der Waals surface area contributed by atoms with Gasteiger partial charge < -0.3 is 14.0 Å². The molecule has 1 rings (SSSR count). The van der Waals surface area contributed by atoms with Crippen molar-refractivity contribution in [1.29, 1.82) is 0 Å². The van der Waals surface area contributed by atoms with Crippen molar-refractivity contribution in [2.75, 3.05) is 0 Å². The van der Waals surface area contributed by atoms with E-state index < -0.39 is 42.5 Å². The summed E-state index contributed by atoms with van der Waals surface area (Å²) in [7, 11) is -0.642. The first-order chi connectivity index (χ1) is 9.32. The van der Waals surface area contributed by atoms with Gasteiger partial charge in [-0.2, -0.15) is 13.2 Å². The maximum atomic E-state index is 12.6. The molecule has 1 aliphatic heterocycles. The molecule has 0 aliphatic carbocycles. The summed E-state index contributed by atoms with van der Waals surface area (Å²) in [6.45, 7) is 10.8. The lowest BCUT2D eigenvalue weighted by atomic mass is 9.70. The Morgan fingerprint density at radius 2 is 1.52 bits per heavy atom. The van der Waals surface area contributed by atoms with Crippen molar-refractivity contribution in [1.82, 2.24) is 0 Å². The second-order valence-electron chi connectivity index (χ2n) is 6.41. The van der Waals surface area contributed by atoms with Crippen molar-refractivity contribution in [3.8, 4) is 12.3 Å². The number of hydrogen-bond donors (Lipinski definition) is 0. The minimum absolute atomic E-state index is 0.399. The number of hydrogen-bond acceptors (Lipinski definition) is 3. The van der Waals surface area contributed by atoms with Crippen LogP contribution < -0.4 is 0 Å². The average molecular weight is 306 g/mol. The Bertz CT molecular complexity index is 399. The topological polar surface area (TPSA) is 27.7 Å². The van der Waals surface area contributed by atoms with Crippen LogP contribution >= 0.6 is 0 Å². The molecule has 0 saturated carbocycles. The molecular formula is C14H22BF3O3. The summed E-state index contributed by atoms with van der Waals surface area (Å²) in [4.78, 5) is 0. The van der Waals surface area contributed by atoms with E-state index in [1.165, 1.54) is 6.92 Å². The Labute approximate surface area is 124 Å². The smallest absolute Gasteiger partial charge is 0.403 e. The average Bonchev–Trinajstić information content (AvgIpc) is 2.52. The van der Waals surface area contributed by atoms with Crippen molar-refractivity contribution in [3.63, 3.8) is 0 Å². The number of terminal acetylenes is 1. The molecule has 3 nitrogen and oxygen atoms in total. The van der Waals surface area contributed by atoms with E-state index in [1.807, 2.05) is 27.7 Å². The summed E-state index contributed by atoms with van der Waals surface area (Å²) in [5.41, 5.74) is -1.08. The molecule has 1 aliphatic rings. The van der Waals surface area contributed by atoms with Crippen molar-refractivity contribution >= 4 is 7.12 Å². The molecule has 1 fully saturated rings. The SMILES string of the molecule is C#C[C@@H](OC(C)[C@H](C)B1OC(C)(C)C(C)(C)O1)C(F)(F)F. The first-order valence-electron chi connectivity index (χ1n) is 6.86. The fourth-order valence-corrected chi connectivity index (χ4v) is 1.87. The Balaban J connectivity index is 2.73. The van der Waals surface area contributed by atoms with E-state index in [0.717, 1.165) is 0 Å². The number of ether oxygens (including phenoxy) is 1. The molecule has 0 amide bonds. The zero-order valence-electron chi connectivity index (χ0n) is 13.2. The van der Waals surface area contributed by atoms with Gasteiger partial charge in [0.15, 0.2) is 0 Å². The fourth-order valence-electron chi connectivity index (χ4n) is 1.87. The molecule has 1 saturated heterocycles. The van der Waals surface area contributed by atoms with Crippen LogP contribution in [0.1, 0.15) is 41.5 Å². The first kappa shape index (κ1) is 18.3. The van der Waals surface area contributed by atoms with Gasteiger partial charge in [0.05, 0.1) is 17.3 Å². The van der Waals surface area contributed by atoms with Crippen molar-refractivity contribution in [2.45, 2.75) is 76.9 Å². The van der Waals surface area contributed by atoms with Crippen LogP contribution in [0.5, 0.6) is 0 Å². The quantitative estimate of drug-likeness (QED) is 0.588. The third-order valence-electron chi connectivity index (χ3n) is 4.24. The van der Waals surface area contributed by atoms with E-state index in [-0.39, 0.29) is 0 Å². The Kier molecular flexibility index (Phi) is 5.09. The zero-order chi connectivity index (χ0) is 16.6. The van der Waals surface area contributed by atoms with Crippen LogP contribution in [0, 0.1) is 12.3 Å². The van der Waals surface area contributed by atoms with Crippen LogP contribution in [0.25, 0.3) is 0 Å². The first-order valence-corrected chi connectivity index (χ1v) is 6.86. The Morgan fingerprint density at radius 3 is 1.86 bits per heavy atom. The molecule has 0 N–H and O–H groups in total. The summed E-state index contributed by atoms with van der Waals surface area (Å²) >= 11 is 0. The van der Waals surface area contributed by atoms with E-state index in [4.69, 9.17) is 20.5 Å². The van der Waals surface area contributed by atoms with Gasteiger partial charge in [0.2, 0.25) is 6.10 Å². The standard InChI is InChI=1S/C14H22BF3O3/c1-8-11(14(16,17)18)19-10(3)9(2)15-20-12(4,5)13(6,7)21-15/h1,9-11H,2-7H3/t9-,10?,11+/m0/s1. The molecule has 0 aromatic rings. The van der Waals surface area contributed by atoms with E-state index in [2.05, 4.69) is 0 Å². The largest absolute Gasteiger partial charge is 0.463 e. The highest BCUT2D eigenvalue weighted by molar-refractivity contribution is 6.47. The Hall–Kier alpha value is -0.705. The molecule has 0 radical (unpaired) electrons. The van der Waals surface area contributed by atoms with Gasteiger partial charge >= 0.3 is 13.3 Å². The van der Waals surface area contributed by atoms with E-state index >= 15 is 0 Å². The van der Waals surface area contributed by atoms with Gasteiger partial charge in [0, 0.05) is 5.82 Å². The molecule has 0 aromatic carbocycles. The van der Waals surface area contributed by atoms with Crippen LogP contribution in [-0.2, 0) is 14.0 Å². The van der Waals surface area contributed by atoms with Gasteiger partial charge in [0.25, 0.3) is 0 Å². The second kappa shape index (κ2) is 5.83. The normalized spacial score (nSPS) is 25.2. The van der Waals surface area contributed by atoms with Gasteiger partial charge in [-0.3, -0.25) is 0 Å². The highest BCUT2D eigenvalue weighted by Gasteiger charge is 2.54. The number of halogens is 3. The molecular weight excluding hydrogens is 284 g/mol. The Morgan fingerprint density at radius 1 is 1.10 bits per heavy atom. The second-order valence-corrected chi connectivity index (χ2v) is 6.41. The van der Waals surface area contributed by atoms with E-state index in [1.54, 1.807) is 12.8 Å². The third kappa shape index (κ3) is 3.94. The monoisotopic (exact) mass is 306 g/mol. The van der Waals surface area contributed by atoms with Crippen LogP contribution in [-0.4, -0.2) is 36.7 Å². The zero-order valence-corrected chi connectivity index (χ0v) is 13.2. The van der Waals surface area contributed by atoms with Gasteiger partial charge in [-0.05, 0) is 34.6 Å². The lowest BCUT2D eigenvalue weighted by Gasteiger charge is -2.32. The number of alkyl halides is 3. The molecule has 120 valence electrons. The van der Waals surface area contributed by atoms with Crippen LogP contribution in [0.4, 0.5) is 13.2 Å². The molecule has 0 aromatic heterocycles. The summed E-state index contributed by atoms with van der Waals surface area (Å²) in [5, 5.41) is 0. The van der Waals surface area contributed by atoms with Crippen LogP contribution in [0.2, 0.25) is 5.82 Å². The van der Waals surface area contributed by atoms with Gasteiger partial charge in [-0.1, -0.05) is 12.8 Å². The molecule has 0 bridgehead atoms. The van der Waals surface area contributed by atoms with E-state index in [0.29, 0.717) is 0 Å². The predicted octanol–water partition coefficient (Wildman–Crippen LogP) is 3.44.